The minimum Gasteiger partial charge on any atom is -0.497 e. The lowest BCUT2D eigenvalue weighted by Crippen LogP contribution is -2.24. The molecule has 26 heavy (non-hydrogen) atoms. The van der Waals surface area contributed by atoms with E-state index < -0.39 is 11.6 Å². The molecule has 0 saturated carbocycles. The van der Waals surface area contributed by atoms with E-state index in [0.717, 1.165) is 6.07 Å². The average molecular weight is 477 g/mol. The number of guanidine groups is 1. The van der Waals surface area contributed by atoms with Gasteiger partial charge in [0, 0.05) is 24.6 Å². The van der Waals surface area contributed by atoms with Gasteiger partial charge in [0.25, 0.3) is 0 Å². The Labute approximate surface area is 168 Å². The van der Waals surface area contributed by atoms with Gasteiger partial charge >= 0.3 is 0 Å². The number of hydrogen-bond donors (Lipinski definition) is 2. The topological polar surface area (TPSA) is 68.9 Å². The maximum Gasteiger partial charge on any atom is 0.193 e. The molecule has 2 aromatic rings. The van der Waals surface area contributed by atoms with Crippen molar-refractivity contribution in [2.75, 3.05) is 26.1 Å². The first kappa shape index (κ1) is 21.9. The molecular formula is C18H22F2IN3O2. The van der Waals surface area contributed by atoms with Crippen LogP contribution in [0.2, 0.25) is 0 Å². The van der Waals surface area contributed by atoms with Gasteiger partial charge < -0.3 is 20.5 Å². The molecule has 0 bridgehead atoms. The van der Waals surface area contributed by atoms with Gasteiger partial charge in [-0.05, 0) is 23.8 Å². The van der Waals surface area contributed by atoms with Gasteiger partial charge in [0.2, 0.25) is 0 Å². The number of nitrogens with two attached hydrogens (primary N) is 1. The second-order valence-corrected chi connectivity index (χ2v) is 5.48. The summed E-state index contributed by atoms with van der Waals surface area (Å²) in [6, 6.07) is 8.73. The van der Waals surface area contributed by atoms with E-state index in [2.05, 4.69) is 10.3 Å². The Bertz CT molecular complexity index is 772. The first-order valence-electron chi connectivity index (χ1n) is 7.68. The van der Waals surface area contributed by atoms with Crippen LogP contribution in [0.25, 0.3) is 0 Å². The average Bonchev–Trinajstić information content (AvgIpc) is 2.59. The number of rotatable bonds is 6. The highest BCUT2D eigenvalue weighted by Gasteiger charge is 2.12. The summed E-state index contributed by atoms with van der Waals surface area (Å²) in [5.41, 5.74) is 6.88. The first-order valence-corrected chi connectivity index (χ1v) is 7.68. The van der Waals surface area contributed by atoms with Crippen molar-refractivity contribution in [2.24, 2.45) is 10.7 Å². The second-order valence-electron chi connectivity index (χ2n) is 5.48. The van der Waals surface area contributed by atoms with E-state index in [4.69, 9.17) is 15.2 Å². The van der Waals surface area contributed by atoms with Gasteiger partial charge in [-0.1, -0.05) is 13.0 Å². The highest BCUT2D eigenvalue weighted by atomic mass is 127. The van der Waals surface area contributed by atoms with E-state index in [9.17, 15) is 8.78 Å². The molecule has 2 rings (SSSR count). The van der Waals surface area contributed by atoms with Crippen LogP contribution in [0.3, 0.4) is 0 Å². The zero-order chi connectivity index (χ0) is 18.4. The van der Waals surface area contributed by atoms with Gasteiger partial charge in [0.1, 0.15) is 23.1 Å². The zero-order valence-corrected chi connectivity index (χ0v) is 17.1. The van der Waals surface area contributed by atoms with Gasteiger partial charge in [-0.15, -0.1) is 24.0 Å². The lowest BCUT2D eigenvalue weighted by Gasteiger charge is -2.14. The van der Waals surface area contributed by atoms with Crippen molar-refractivity contribution >= 4 is 35.6 Å². The van der Waals surface area contributed by atoms with Gasteiger partial charge in [0.05, 0.1) is 19.9 Å². The Morgan fingerprint density at radius 2 is 1.88 bits per heavy atom. The van der Waals surface area contributed by atoms with E-state index in [-0.39, 0.29) is 42.4 Å². The van der Waals surface area contributed by atoms with Crippen LogP contribution < -0.4 is 20.5 Å². The van der Waals surface area contributed by atoms with Crippen molar-refractivity contribution in [3.8, 4) is 11.5 Å². The van der Waals surface area contributed by atoms with Crippen molar-refractivity contribution < 1.29 is 18.3 Å². The zero-order valence-electron chi connectivity index (χ0n) is 14.8. The Morgan fingerprint density at radius 3 is 2.50 bits per heavy atom. The smallest absolute Gasteiger partial charge is 0.193 e. The summed E-state index contributed by atoms with van der Waals surface area (Å²) in [6.07, 6.45) is 0. The molecule has 0 aliphatic rings. The molecule has 1 unspecified atom stereocenters. The van der Waals surface area contributed by atoms with Crippen LogP contribution in [-0.2, 0) is 0 Å². The summed E-state index contributed by atoms with van der Waals surface area (Å²) in [4.78, 5) is 4.22. The van der Waals surface area contributed by atoms with Crippen molar-refractivity contribution in [3.05, 3.63) is 53.6 Å². The minimum absolute atomic E-state index is 0. The molecule has 5 nitrogen and oxygen atoms in total. The van der Waals surface area contributed by atoms with Crippen LogP contribution in [-0.4, -0.2) is 26.7 Å². The molecule has 8 heteroatoms. The van der Waals surface area contributed by atoms with Gasteiger partial charge in [0.15, 0.2) is 5.96 Å². The van der Waals surface area contributed by atoms with Gasteiger partial charge in [-0.25, -0.2) is 8.78 Å². The second kappa shape index (κ2) is 10.1. The fraction of sp³-hybridized carbons (Fsp3) is 0.278. The normalized spacial score (nSPS) is 12.1. The lowest BCUT2D eigenvalue weighted by molar-refractivity contribution is 0.405. The maximum atomic E-state index is 13.8. The third kappa shape index (κ3) is 5.72. The third-order valence-corrected chi connectivity index (χ3v) is 3.70. The fourth-order valence-electron chi connectivity index (χ4n) is 2.32. The maximum absolute atomic E-state index is 13.8. The molecule has 0 amide bonds. The monoisotopic (exact) mass is 477 g/mol. The quantitative estimate of drug-likeness (QED) is 0.373. The fourth-order valence-corrected chi connectivity index (χ4v) is 2.32. The first-order chi connectivity index (χ1) is 11.9. The number of hydrogen-bond acceptors (Lipinski definition) is 3. The van der Waals surface area contributed by atoms with Crippen LogP contribution in [0, 0.1) is 11.6 Å². The SMILES string of the molecule is COc1ccc(OC)c(NC(N)=NCC(C)c2ccc(F)cc2F)c1.I. The van der Waals surface area contributed by atoms with Crippen molar-refractivity contribution in [2.45, 2.75) is 12.8 Å². The predicted octanol–water partition coefficient (Wildman–Crippen LogP) is 4.13. The van der Waals surface area contributed by atoms with Crippen LogP contribution in [0.1, 0.15) is 18.4 Å². The molecule has 0 spiro atoms. The van der Waals surface area contributed by atoms with E-state index in [0.29, 0.717) is 22.7 Å². The third-order valence-electron chi connectivity index (χ3n) is 3.70. The molecule has 0 radical (unpaired) electrons. The van der Waals surface area contributed by atoms with Crippen LogP contribution in [0.5, 0.6) is 11.5 Å². The van der Waals surface area contributed by atoms with E-state index >= 15 is 0 Å². The summed E-state index contributed by atoms with van der Waals surface area (Å²) in [5.74, 6) is -0.0875. The summed E-state index contributed by atoms with van der Waals surface area (Å²) in [6.45, 7) is 2.03. The predicted molar refractivity (Wildman–Crippen MR) is 110 cm³/mol. The molecule has 0 fully saturated rings. The van der Waals surface area contributed by atoms with E-state index in [1.54, 1.807) is 39.3 Å². The number of ether oxygens (including phenoxy) is 2. The Hall–Kier alpha value is -2.10. The summed E-state index contributed by atoms with van der Waals surface area (Å²) in [5, 5.41) is 2.94. The van der Waals surface area contributed by atoms with Crippen LogP contribution in [0.15, 0.2) is 41.4 Å². The summed E-state index contributed by atoms with van der Waals surface area (Å²) < 4.78 is 37.2. The highest BCUT2D eigenvalue weighted by Crippen LogP contribution is 2.28. The molecule has 0 aliphatic heterocycles. The van der Waals surface area contributed by atoms with Crippen LogP contribution >= 0.6 is 24.0 Å². The molecule has 142 valence electrons. The molecule has 0 saturated heterocycles. The van der Waals surface area contributed by atoms with Crippen molar-refractivity contribution in [3.63, 3.8) is 0 Å². The van der Waals surface area contributed by atoms with Crippen molar-refractivity contribution in [1.82, 2.24) is 0 Å². The minimum atomic E-state index is -0.608. The molecular weight excluding hydrogens is 455 g/mol. The molecule has 0 aliphatic carbocycles. The highest BCUT2D eigenvalue weighted by molar-refractivity contribution is 14.0. The molecule has 2 aromatic carbocycles. The molecule has 0 heterocycles. The molecule has 1 atom stereocenters. The number of benzene rings is 2. The number of nitrogens with one attached hydrogen (secondary N) is 1. The number of aliphatic imine (C=N–C) groups is 1. The summed E-state index contributed by atoms with van der Waals surface area (Å²) in [7, 11) is 3.10. The Balaban J connectivity index is 0.00000338. The summed E-state index contributed by atoms with van der Waals surface area (Å²) >= 11 is 0. The van der Waals surface area contributed by atoms with Gasteiger partial charge in [-0.2, -0.15) is 0 Å². The van der Waals surface area contributed by atoms with E-state index in [1.807, 2.05) is 0 Å². The number of methoxy groups -OCH3 is 2. The molecule has 0 aromatic heterocycles. The Kier molecular flexibility index (Phi) is 8.56. The number of nitrogens with zero attached hydrogens (tertiary/aromatic N) is 1. The van der Waals surface area contributed by atoms with Crippen molar-refractivity contribution in [1.29, 1.82) is 0 Å². The number of anilines is 1. The van der Waals surface area contributed by atoms with Gasteiger partial charge in [-0.3, -0.25) is 4.99 Å². The Morgan fingerprint density at radius 1 is 1.15 bits per heavy atom. The van der Waals surface area contributed by atoms with E-state index in [1.165, 1.54) is 12.1 Å². The lowest BCUT2D eigenvalue weighted by atomic mass is 10.0. The number of halogens is 3. The van der Waals surface area contributed by atoms with Crippen LogP contribution in [0.4, 0.5) is 14.5 Å². The largest absolute Gasteiger partial charge is 0.497 e. The molecule has 3 N–H and O–H groups in total. The standard InChI is InChI=1S/C18H21F2N3O2.HI/c1-11(14-6-4-12(19)8-15(14)20)10-22-18(21)23-16-9-13(24-2)5-7-17(16)25-3;/h4-9,11H,10H2,1-3H3,(H3,21,22,23);1H.